The molecule has 1 aliphatic heterocycles. The molecule has 4 nitrogen and oxygen atoms in total. The monoisotopic (exact) mass is 166 g/mol. The number of anilines is 1. The van der Waals surface area contributed by atoms with Crippen molar-refractivity contribution in [2.24, 2.45) is 5.73 Å². The standard InChI is InChI=1S/C8H14N4/c9-4-3-7-11-6-2-1-5-10-8(6)12-7/h10H,1-5,9H2,(H,11,12). The van der Waals surface area contributed by atoms with E-state index in [0.29, 0.717) is 6.54 Å². The summed E-state index contributed by atoms with van der Waals surface area (Å²) in [6, 6.07) is 0. The second-order valence-corrected chi connectivity index (χ2v) is 3.08. The number of hydrogen-bond donors (Lipinski definition) is 3. The molecule has 0 fully saturated rings. The largest absolute Gasteiger partial charge is 0.369 e. The summed E-state index contributed by atoms with van der Waals surface area (Å²) >= 11 is 0. The zero-order valence-electron chi connectivity index (χ0n) is 7.06. The van der Waals surface area contributed by atoms with Crippen LogP contribution < -0.4 is 11.1 Å². The zero-order chi connectivity index (χ0) is 8.39. The third kappa shape index (κ3) is 1.30. The van der Waals surface area contributed by atoms with Crippen LogP contribution in [0.15, 0.2) is 0 Å². The van der Waals surface area contributed by atoms with Crippen LogP contribution in [0.5, 0.6) is 0 Å². The maximum absolute atomic E-state index is 5.44. The smallest absolute Gasteiger partial charge is 0.147 e. The van der Waals surface area contributed by atoms with E-state index in [9.17, 15) is 0 Å². The predicted molar refractivity (Wildman–Crippen MR) is 48.2 cm³/mol. The van der Waals surface area contributed by atoms with Gasteiger partial charge in [-0.25, -0.2) is 4.98 Å². The fourth-order valence-corrected chi connectivity index (χ4v) is 1.52. The molecule has 1 aromatic rings. The Labute approximate surface area is 71.6 Å². The van der Waals surface area contributed by atoms with Gasteiger partial charge in [-0.15, -0.1) is 0 Å². The van der Waals surface area contributed by atoms with Crippen molar-refractivity contribution < 1.29 is 0 Å². The van der Waals surface area contributed by atoms with Crippen LogP contribution in [-0.4, -0.2) is 23.1 Å². The van der Waals surface area contributed by atoms with E-state index >= 15 is 0 Å². The molecular formula is C8H14N4. The van der Waals surface area contributed by atoms with Crippen LogP contribution in [0, 0.1) is 0 Å². The lowest BCUT2D eigenvalue weighted by Gasteiger charge is -2.10. The van der Waals surface area contributed by atoms with Gasteiger partial charge < -0.3 is 16.0 Å². The molecule has 2 heterocycles. The number of aromatic nitrogens is 2. The number of hydrogen-bond acceptors (Lipinski definition) is 3. The van der Waals surface area contributed by atoms with E-state index in [1.54, 1.807) is 0 Å². The summed E-state index contributed by atoms with van der Waals surface area (Å²) in [6.45, 7) is 1.70. The molecule has 0 aromatic carbocycles. The van der Waals surface area contributed by atoms with E-state index in [1.165, 1.54) is 12.1 Å². The van der Waals surface area contributed by atoms with Crippen molar-refractivity contribution >= 4 is 5.82 Å². The molecule has 0 saturated heterocycles. The van der Waals surface area contributed by atoms with Gasteiger partial charge in [-0.05, 0) is 19.4 Å². The molecule has 0 spiro atoms. The van der Waals surface area contributed by atoms with Gasteiger partial charge in [-0.2, -0.15) is 0 Å². The summed E-state index contributed by atoms with van der Waals surface area (Å²) in [6.07, 6.45) is 3.14. The minimum Gasteiger partial charge on any atom is -0.369 e. The molecule has 0 bridgehead atoms. The Balaban J connectivity index is 2.20. The number of rotatable bonds is 2. The fraction of sp³-hybridized carbons (Fsp3) is 0.625. The Bertz CT molecular complexity index is 243. The number of aryl methyl sites for hydroxylation is 1. The number of nitrogens with two attached hydrogens (primary N) is 1. The molecule has 0 aliphatic carbocycles. The second kappa shape index (κ2) is 3.15. The summed E-state index contributed by atoms with van der Waals surface area (Å²) in [5.74, 6) is 2.04. The summed E-state index contributed by atoms with van der Waals surface area (Å²) in [5.41, 5.74) is 6.68. The van der Waals surface area contributed by atoms with Crippen molar-refractivity contribution in [2.75, 3.05) is 18.4 Å². The molecule has 12 heavy (non-hydrogen) atoms. The van der Waals surface area contributed by atoms with Crippen molar-refractivity contribution in [3.8, 4) is 0 Å². The van der Waals surface area contributed by atoms with Crippen LogP contribution in [0.3, 0.4) is 0 Å². The predicted octanol–water partition coefficient (Wildman–Crippen LogP) is 0.269. The third-order valence-corrected chi connectivity index (χ3v) is 2.10. The highest BCUT2D eigenvalue weighted by Crippen LogP contribution is 2.18. The minimum absolute atomic E-state index is 0.659. The van der Waals surface area contributed by atoms with E-state index < -0.39 is 0 Å². The zero-order valence-corrected chi connectivity index (χ0v) is 7.06. The van der Waals surface area contributed by atoms with Gasteiger partial charge in [0, 0.05) is 13.0 Å². The van der Waals surface area contributed by atoms with Gasteiger partial charge in [0.15, 0.2) is 0 Å². The molecule has 0 saturated carbocycles. The average molecular weight is 166 g/mol. The van der Waals surface area contributed by atoms with E-state index in [0.717, 1.165) is 31.0 Å². The highest BCUT2D eigenvalue weighted by molar-refractivity contribution is 5.43. The normalized spacial score (nSPS) is 15.4. The van der Waals surface area contributed by atoms with Crippen LogP contribution in [0.1, 0.15) is 17.9 Å². The summed E-state index contributed by atoms with van der Waals surface area (Å²) in [7, 11) is 0. The molecule has 4 heteroatoms. The lowest BCUT2D eigenvalue weighted by atomic mass is 10.2. The summed E-state index contributed by atoms with van der Waals surface area (Å²) in [5, 5.41) is 3.26. The van der Waals surface area contributed by atoms with Crippen molar-refractivity contribution in [3.63, 3.8) is 0 Å². The third-order valence-electron chi connectivity index (χ3n) is 2.10. The second-order valence-electron chi connectivity index (χ2n) is 3.08. The lowest BCUT2D eigenvalue weighted by Crippen LogP contribution is -2.10. The van der Waals surface area contributed by atoms with Gasteiger partial charge >= 0.3 is 0 Å². The maximum Gasteiger partial charge on any atom is 0.147 e. The number of aromatic amines is 1. The lowest BCUT2D eigenvalue weighted by molar-refractivity contribution is 0.805. The van der Waals surface area contributed by atoms with E-state index in [2.05, 4.69) is 15.3 Å². The fourth-order valence-electron chi connectivity index (χ4n) is 1.52. The first-order chi connectivity index (χ1) is 5.90. The van der Waals surface area contributed by atoms with E-state index in [1.807, 2.05) is 0 Å². The first-order valence-corrected chi connectivity index (χ1v) is 4.42. The van der Waals surface area contributed by atoms with Gasteiger partial charge in [0.1, 0.15) is 11.6 Å². The van der Waals surface area contributed by atoms with Crippen LogP contribution in [0.25, 0.3) is 0 Å². The first-order valence-electron chi connectivity index (χ1n) is 4.42. The number of H-pyrrole nitrogens is 1. The minimum atomic E-state index is 0.659. The van der Waals surface area contributed by atoms with E-state index in [4.69, 9.17) is 5.73 Å². The van der Waals surface area contributed by atoms with Crippen molar-refractivity contribution in [1.29, 1.82) is 0 Å². The Morgan fingerprint density at radius 3 is 3.17 bits per heavy atom. The number of nitrogens with one attached hydrogen (secondary N) is 2. The van der Waals surface area contributed by atoms with Crippen molar-refractivity contribution in [1.82, 2.24) is 9.97 Å². The van der Waals surface area contributed by atoms with Crippen molar-refractivity contribution in [2.45, 2.75) is 19.3 Å². The van der Waals surface area contributed by atoms with Crippen LogP contribution in [-0.2, 0) is 12.8 Å². The number of fused-ring (bicyclic) bond motifs is 1. The molecule has 2 rings (SSSR count). The topological polar surface area (TPSA) is 66.7 Å². The molecule has 66 valence electrons. The SMILES string of the molecule is NCCc1nc2c([nH]1)CCCN2. The van der Waals surface area contributed by atoms with Crippen LogP contribution in [0.2, 0.25) is 0 Å². The highest BCUT2D eigenvalue weighted by atomic mass is 15.1. The first kappa shape index (κ1) is 7.61. The molecule has 1 aromatic heterocycles. The molecule has 0 atom stereocenters. The molecular weight excluding hydrogens is 152 g/mol. The molecule has 0 amide bonds. The van der Waals surface area contributed by atoms with E-state index in [-0.39, 0.29) is 0 Å². The van der Waals surface area contributed by atoms with Crippen LogP contribution >= 0.6 is 0 Å². The highest BCUT2D eigenvalue weighted by Gasteiger charge is 2.12. The van der Waals surface area contributed by atoms with Gasteiger partial charge in [-0.3, -0.25) is 0 Å². The Morgan fingerprint density at radius 2 is 2.42 bits per heavy atom. The molecule has 0 radical (unpaired) electrons. The van der Waals surface area contributed by atoms with Gasteiger partial charge in [0.2, 0.25) is 0 Å². The van der Waals surface area contributed by atoms with Crippen LogP contribution in [0.4, 0.5) is 5.82 Å². The molecule has 0 unspecified atom stereocenters. The molecule has 1 aliphatic rings. The molecule has 4 N–H and O–H groups in total. The Hall–Kier alpha value is -1.03. The van der Waals surface area contributed by atoms with Crippen molar-refractivity contribution in [3.05, 3.63) is 11.5 Å². The Kier molecular flexibility index (Phi) is 1.99. The Morgan fingerprint density at radius 1 is 1.50 bits per heavy atom. The summed E-state index contributed by atoms with van der Waals surface area (Å²) in [4.78, 5) is 7.67. The maximum atomic E-state index is 5.44. The van der Waals surface area contributed by atoms with Gasteiger partial charge in [-0.1, -0.05) is 0 Å². The van der Waals surface area contributed by atoms with Gasteiger partial charge in [0.05, 0.1) is 5.69 Å². The summed E-state index contributed by atoms with van der Waals surface area (Å²) < 4.78 is 0. The van der Waals surface area contributed by atoms with Gasteiger partial charge in [0.25, 0.3) is 0 Å². The number of imidazole rings is 1. The quantitative estimate of drug-likeness (QED) is 0.590. The number of nitrogens with zero attached hydrogens (tertiary/aromatic N) is 1. The average Bonchev–Trinajstić information content (AvgIpc) is 2.47.